The molecule has 0 radical (unpaired) electrons. The van der Waals surface area contributed by atoms with E-state index in [2.05, 4.69) is 18.8 Å². The van der Waals surface area contributed by atoms with Crippen LogP contribution in [-0.2, 0) is 0 Å². The summed E-state index contributed by atoms with van der Waals surface area (Å²) in [6.45, 7) is 6.05. The molecule has 0 aliphatic heterocycles. The van der Waals surface area contributed by atoms with E-state index in [1.807, 2.05) is 13.0 Å². The number of rotatable bonds is 3. The topological polar surface area (TPSA) is 71.9 Å². The third kappa shape index (κ3) is 2.59. The molecule has 0 amide bonds. The van der Waals surface area contributed by atoms with Crippen molar-refractivity contribution in [3.63, 3.8) is 0 Å². The molecule has 4 nitrogen and oxygen atoms in total. The maximum absolute atomic E-state index is 8.77. The summed E-state index contributed by atoms with van der Waals surface area (Å²) in [5, 5.41) is 8.77. The van der Waals surface area contributed by atoms with Crippen molar-refractivity contribution in [1.82, 2.24) is 4.98 Å². The van der Waals surface area contributed by atoms with Crippen molar-refractivity contribution < 1.29 is 4.74 Å². The van der Waals surface area contributed by atoms with Gasteiger partial charge in [-0.25, -0.2) is 4.98 Å². The molecular weight excluding hydrogens is 190 g/mol. The molecule has 0 aliphatic rings. The van der Waals surface area contributed by atoms with Crippen LogP contribution in [0.2, 0.25) is 0 Å². The number of hydrogen-bond donors (Lipinski definition) is 1. The summed E-state index contributed by atoms with van der Waals surface area (Å²) >= 11 is 0. The zero-order valence-corrected chi connectivity index (χ0v) is 9.19. The maximum Gasteiger partial charge on any atom is 0.238 e. The fourth-order valence-corrected chi connectivity index (χ4v) is 0.958. The summed E-state index contributed by atoms with van der Waals surface area (Å²) in [5.74, 6) is 0.715. The number of nitrogen functional groups attached to an aromatic ring is 1. The Labute approximate surface area is 89.7 Å². The molecule has 0 spiro atoms. The van der Waals surface area contributed by atoms with Crippen LogP contribution in [0.15, 0.2) is 12.3 Å². The lowest BCUT2D eigenvalue weighted by molar-refractivity contribution is 0.164. The fraction of sp³-hybridized carbons (Fsp3) is 0.455. The molecule has 0 saturated carbocycles. The number of aromatic nitrogens is 1. The van der Waals surface area contributed by atoms with Crippen LogP contribution in [0.25, 0.3) is 0 Å². The molecular formula is C11H15N3O. The second-order valence-corrected chi connectivity index (χ2v) is 3.76. The van der Waals surface area contributed by atoms with E-state index in [1.54, 1.807) is 6.07 Å². The van der Waals surface area contributed by atoms with Gasteiger partial charge < -0.3 is 10.5 Å². The predicted octanol–water partition coefficient (Wildman–Crippen LogP) is 1.96. The highest BCUT2D eigenvalue weighted by atomic mass is 16.5. The summed E-state index contributed by atoms with van der Waals surface area (Å²) < 4.78 is 5.56. The minimum absolute atomic E-state index is 0.0220. The number of pyridine rings is 1. The van der Waals surface area contributed by atoms with E-state index in [0.717, 1.165) is 0 Å². The highest BCUT2D eigenvalue weighted by molar-refractivity contribution is 5.59. The SMILES string of the molecule is CC(C)C(C)Oc1nccc(C#N)c1N. The van der Waals surface area contributed by atoms with Crippen LogP contribution >= 0.6 is 0 Å². The van der Waals surface area contributed by atoms with Crippen LogP contribution in [0.1, 0.15) is 26.3 Å². The van der Waals surface area contributed by atoms with Crippen molar-refractivity contribution in [3.8, 4) is 11.9 Å². The first-order valence-electron chi connectivity index (χ1n) is 4.87. The van der Waals surface area contributed by atoms with Gasteiger partial charge in [0.1, 0.15) is 11.8 Å². The van der Waals surface area contributed by atoms with Gasteiger partial charge in [-0.05, 0) is 18.9 Å². The van der Waals surface area contributed by atoms with Gasteiger partial charge in [-0.3, -0.25) is 0 Å². The number of nitrogens with two attached hydrogens (primary N) is 1. The minimum Gasteiger partial charge on any atom is -0.473 e. The van der Waals surface area contributed by atoms with Crippen molar-refractivity contribution in [1.29, 1.82) is 5.26 Å². The molecule has 0 aromatic carbocycles. The van der Waals surface area contributed by atoms with E-state index in [4.69, 9.17) is 15.7 Å². The van der Waals surface area contributed by atoms with Crippen molar-refractivity contribution in [2.45, 2.75) is 26.9 Å². The number of anilines is 1. The fourth-order valence-electron chi connectivity index (χ4n) is 0.958. The first-order valence-corrected chi connectivity index (χ1v) is 4.87. The van der Waals surface area contributed by atoms with Gasteiger partial charge >= 0.3 is 0 Å². The van der Waals surface area contributed by atoms with Crippen molar-refractivity contribution in [2.75, 3.05) is 5.73 Å². The molecule has 1 heterocycles. The summed E-state index contributed by atoms with van der Waals surface area (Å²) in [4.78, 5) is 4.01. The molecule has 1 atom stereocenters. The Hall–Kier alpha value is -1.76. The Bertz CT molecular complexity index is 382. The standard InChI is InChI=1S/C11H15N3O/c1-7(2)8(3)15-11-10(13)9(6-12)4-5-14-11/h4-5,7-8H,13H2,1-3H3. The first kappa shape index (κ1) is 11.3. The van der Waals surface area contributed by atoms with E-state index >= 15 is 0 Å². The first-order chi connectivity index (χ1) is 7.06. The smallest absolute Gasteiger partial charge is 0.238 e. The van der Waals surface area contributed by atoms with E-state index in [-0.39, 0.29) is 6.10 Å². The second-order valence-electron chi connectivity index (χ2n) is 3.76. The Morgan fingerprint density at radius 3 is 2.67 bits per heavy atom. The average molecular weight is 205 g/mol. The summed E-state index contributed by atoms with van der Waals surface area (Å²) in [6.07, 6.45) is 1.55. The number of hydrogen-bond acceptors (Lipinski definition) is 4. The van der Waals surface area contributed by atoms with Crippen molar-refractivity contribution in [3.05, 3.63) is 17.8 Å². The zero-order chi connectivity index (χ0) is 11.4. The van der Waals surface area contributed by atoms with Crippen molar-refractivity contribution >= 4 is 5.69 Å². The third-order valence-electron chi connectivity index (χ3n) is 2.31. The number of ether oxygens (including phenoxy) is 1. The Balaban J connectivity index is 2.92. The van der Waals surface area contributed by atoms with Crippen LogP contribution in [0, 0.1) is 17.2 Å². The molecule has 0 fully saturated rings. The predicted molar refractivity (Wildman–Crippen MR) is 58.3 cm³/mol. The molecule has 80 valence electrons. The summed E-state index contributed by atoms with van der Waals surface area (Å²) in [6, 6.07) is 3.56. The van der Waals surface area contributed by atoms with Gasteiger partial charge in [0.25, 0.3) is 0 Å². The second kappa shape index (κ2) is 4.65. The van der Waals surface area contributed by atoms with Gasteiger partial charge in [0.05, 0.1) is 11.7 Å². The van der Waals surface area contributed by atoms with Crippen LogP contribution < -0.4 is 10.5 Å². The molecule has 4 heteroatoms. The highest BCUT2D eigenvalue weighted by Gasteiger charge is 2.13. The Morgan fingerprint density at radius 2 is 2.13 bits per heavy atom. The number of nitrogens with zero attached hydrogens (tertiary/aromatic N) is 2. The van der Waals surface area contributed by atoms with E-state index < -0.39 is 0 Å². The minimum atomic E-state index is 0.0220. The molecule has 1 aromatic heterocycles. The molecule has 1 aromatic rings. The van der Waals surface area contributed by atoms with Crippen molar-refractivity contribution in [2.24, 2.45) is 5.92 Å². The van der Waals surface area contributed by atoms with Gasteiger partial charge in [-0.15, -0.1) is 0 Å². The van der Waals surface area contributed by atoms with E-state index in [0.29, 0.717) is 23.0 Å². The molecule has 15 heavy (non-hydrogen) atoms. The Kier molecular flexibility index (Phi) is 3.51. The van der Waals surface area contributed by atoms with E-state index in [9.17, 15) is 0 Å². The largest absolute Gasteiger partial charge is 0.473 e. The van der Waals surface area contributed by atoms with Gasteiger partial charge in [0, 0.05) is 6.20 Å². The highest BCUT2D eigenvalue weighted by Crippen LogP contribution is 2.23. The van der Waals surface area contributed by atoms with Crippen LogP contribution in [-0.4, -0.2) is 11.1 Å². The van der Waals surface area contributed by atoms with Gasteiger partial charge in [-0.2, -0.15) is 5.26 Å². The molecule has 0 bridgehead atoms. The monoisotopic (exact) mass is 205 g/mol. The number of nitriles is 1. The van der Waals surface area contributed by atoms with Gasteiger partial charge in [0.15, 0.2) is 0 Å². The maximum atomic E-state index is 8.77. The lowest BCUT2D eigenvalue weighted by Crippen LogP contribution is -2.20. The van der Waals surface area contributed by atoms with E-state index in [1.165, 1.54) is 6.20 Å². The molecule has 0 aliphatic carbocycles. The molecule has 1 unspecified atom stereocenters. The molecule has 2 N–H and O–H groups in total. The lowest BCUT2D eigenvalue weighted by Gasteiger charge is -2.18. The van der Waals surface area contributed by atoms with Gasteiger partial charge in [-0.1, -0.05) is 13.8 Å². The third-order valence-corrected chi connectivity index (χ3v) is 2.31. The zero-order valence-electron chi connectivity index (χ0n) is 9.19. The molecule has 1 rings (SSSR count). The van der Waals surface area contributed by atoms with Gasteiger partial charge in [0.2, 0.25) is 5.88 Å². The summed E-state index contributed by atoms with van der Waals surface area (Å²) in [5.41, 5.74) is 6.44. The Morgan fingerprint density at radius 1 is 1.47 bits per heavy atom. The van der Waals surface area contributed by atoms with Crippen LogP contribution in [0.3, 0.4) is 0 Å². The van der Waals surface area contributed by atoms with Crippen LogP contribution in [0.4, 0.5) is 5.69 Å². The lowest BCUT2D eigenvalue weighted by atomic mass is 10.1. The quantitative estimate of drug-likeness (QED) is 0.818. The van der Waals surface area contributed by atoms with Crippen LogP contribution in [0.5, 0.6) is 5.88 Å². The molecule has 0 saturated heterocycles. The summed E-state index contributed by atoms with van der Waals surface area (Å²) in [7, 11) is 0. The normalized spacial score (nSPS) is 12.2. The average Bonchev–Trinajstić information content (AvgIpc) is 2.21.